The summed E-state index contributed by atoms with van der Waals surface area (Å²) in [5.41, 5.74) is 0.321. The zero-order valence-corrected chi connectivity index (χ0v) is 15.2. The largest absolute Gasteiger partial charge is 0.382 e. The van der Waals surface area contributed by atoms with E-state index in [1.807, 2.05) is 6.92 Å². The van der Waals surface area contributed by atoms with Crippen LogP contribution in [0, 0.1) is 23.1 Å². The number of aliphatic hydroxyl groups excluding tert-OH is 1. The zero-order valence-electron chi connectivity index (χ0n) is 14.4. The second kappa shape index (κ2) is 8.74. The number of halogens is 2. The van der Waals surface area contributed by atoms with Crippen LogP contribution in [0.5, 0.6) is 0 Å². The fourth-order valence-electron chi connectivity index (χ4n) is 2.42. The first-order valence-corrected chi connectivity index (χ1v) is 8.43. The number of aromatic nitrogens is 3. The molecule has 1 heterocycles. The van der Waals surface area contributed by atoms with Gasteiger partial charge in [-0.1, -0.05) is 16.8 Å². The van der Waals surface area contributed by atoms with E-state index in [0.717, 1.165) is 6.07 Å². The molecule has 2 unspecified atom stereocenters. The molecule has 1 N–H and O–H groups in total. The van der Waals surface area contributed by atoms with Gasteiger partial charge in [0, 0.05) is 23.7 Å². The fraction of sp³-hybridized carbons (Fsp3) is 0.412. The molecule has 138 valence electrons. The first-order chi connectivity index (χ1) is 12.3. The van der Waals surface area contributed by atoms with Gasteiger partial charge in [0.2, 0.25) is 5.91 Å². The molecular formula is C17H19ClFN5O2. The number of carbonyl (C=O) groups is 1. The van der Waals surface area contributed by atoms with Gasteiger partial charge in [0.05, 0.1) is 18.2 Å². The fourth-order valence-corrected chi connectivity index (χ4v) is 2.64. The molecule has 0 saturated carbocycles. The third-order valence-electron chi connectivity index (χ3n) is 3.84. The molecule has 0 radical (unpaired) electrons. The van der Waals surface area contributed by atoms with Crippen molar-refractivity contribution >= 4 is 17.5 Å². The molecule has 1 aromatic heterocycles. The molecule has 0 aliphatic heterocycles. The van der Waals surface area contributed by atoms with Gasteiger partial charge in [-0.2, -0.15) is 5.26 Å². The van der Waals surface area contributed by atoms with Gasteiger partial charge in [0.1, 0.15) is 24.2 Å². The Kier molecular flexibility index (Phi) is 6.66. The van der Waals surface area contributed by atoms with E-state index in [0.29, 0.717) is 13.1 Å². The number of rotatable bonds is 7. The molecule has 26 heavy (non-hydrogen) atoms. The van der Waals surface area contributed by atoms with Crippen molar-refractivity contribution in [2.24, 2.45) is 5.92 Å². The molecule has 0 fully saturated rings. The van der Waals surface area contributed by atoms with Gasteiger partial charge in [-0.3, -0.25) is 4.79 Å². The minimum atomic E-state index is -1.26. The number of nitrogens with zero attached hydrogens (tertiary/aromatic N) is 5. The van der Waals surface area contributed by atoms with Crippen LogP contribution in [0.3, 0.4) is 0 Å². The zero-order chi connectivity index (χ0) is 19.3. The lowest BCUT2D eigenvalue weighted by atomic mass is 10.1. The smallest absolute Gasteiger partial charge is 0.244 e. The van der Waals surface area contributed by atoms with E-state index in [1.54, 1.807) is 11.8 Å². The van der Waals surface area contributed by atoms with Gasteiger partial charge in [0.25, 0.3) is 0 Å². The highest BCUT2D eigenvalue weighted by Gasteiger charge is 2.20. The van der Waals surface area contributed by atoms with Gasteiger partial charge < -0.3 is 10.0 Å². The van der Waals surface area contributed by atoms with Crippen LogP contribution < -0.4 is 0 Å². The van der Waals surface area contributed by atoms with Crippen LogP contribution in [0.2, 0.25) is 5.02 Å². The summed E-state index contributed by atoms with van der Waals surface area (Å²) in [6.07, 6.45) is 0.147. The van der Waals surface area contributed by atoms with Crippen molar-refractivity contribution in [3.63, 3.8) is 0 Å². The Morgan fingerprint density at radius 3 is 2.92 bits per heavy atom. The maximum atomic E-state index is 13.4. The molecule has 0 bridgehead atoms. The lowest BCUT2D eigenvalue weighted by Crippen LogP contribution is -2.36. The highest BCUT2D eigenvalue weighted by molar-refractivity contribution is 6.31. The van der Waals surface area contributed by atoms with E-state index in [4.69, 9.17) is 16.9 Å². The highest BCUT2D eigenvalue weighted by atomic mass is 35.5. The molecular weight excluding hydrogens is 361 g/mol. The number of benzene rings is 1. The summed E-state index contributed by atoms with van der Waals surface area (Å²) in [6, 6.07) is 5.75. The van der Waals surface area contributed by atoms with E-state index in [1.165, 1.54) is 23.0 Å². The summed E-state index contributed by atoms with van der Waals surface area (Å²) >= 11 is 5.99. The van der Waals surface area contributed by atoms with Crippen LogP contribution in [0.4, 0.5) is 4.39 Å². The maximum Gasteiger partial charge on any atom is 0.244 e. The topological polar surface area (TPSA) is 95.0 Å². The normalized spacial score (nSPS) is 13.1. The number of carbonyl (C=O) groups excluding carboxylic acids is 1. The molecule has 0 saturated heterocycles. The molecule has 1 aromatic carbocycles. The summed E-state index contributed by atoms with van der Waals surface area (Å²) in [5, 5.41) is 27.1. The first kappa shape index (κ1) is 19.8. The van der Waals surface area contributed by atoms with E-state index in [9.17, 15) is 14.3 Å². The van der Waals surface area contributed by atoms with E-state index in [2.05, 4.69) is 16.4 Å². The van der Waals surface area contributed by atoms with E-state index < -0.39 is 11.9 Å². The van der Waals surface area contributed by atoms with Crippen molar-refractivity contribution in [3.8, 4) is 6.07 Å². The van der Waals surface area contributed by atoms with Gasteiger partial charge in [-0.05, 0) is 32.0 Å². The monoisotopic (exact) mass is 379 g/mol. The van der Waals surface area contributed by atoms with Crippen LogP contribution in [0.1, 0.15) is 31.2 Å². The second-order valence-corrected chi connectivity index (χ2v) is 6.28. The Labute approximate surface area is 155 Å². The third-order valence-corrected chi connectivity index (χ3v) is 4.18. The van der Waals surface area contributed by atoms with Crippen molar-refractivity contribution in [2.75, 3.05) is 13.1 Å². The van der Waals surface area contributed by atoms with Gasteiger partial charge in [0.15, 0.2) is 0 Å². The Morgan fingerprint density at radius 1 is 1.54 bits per heavy atom. The standard InChI is InChI=1S/C17H19ClFN5O2/c1-3-23(8-11(2)7-20)16(25)10-24-9-15(21-22-24)17(26)13-6-12(19)4-5-14(13)18/h4-6,9,11,17,26H,3,8,10H2,1-2H3. The van der Waals surface area contributed by atoms with Crippen molar-refractivity contribution in [3.05, 3.63) is 46.5 Å². The summed E-state index contributed by atoms with van der Waals surface area (Å²) in [7, 11) is 0. The van der Waals surface area contributed by atoms with Crippen LogP contribution >= 0.6 is 11.6 Å². The number of nitriles is 1. The van der Waals surface area contributed by atoms with Crippen LogP contribution in [0.15, 0.2) is 24.4 Å². The van der Waals surface area contributed by atoms with E-state index >= 15 is 0 Å². The highest BCUT2D eigenvalue weighted by Crippen LogP contribution is 2.27. The lowest BCUT2D eigenvalue weighted by Gasteiger charge is -2.21. The summed E-state index contributed by atoms with van der Waals surface area (Å²) in [6.45, 7) is 4.28. The second-order valence-electron chi connectivity index (χ2n) is 5.87. The number of likely N-dealkylation sites (N-methyl/N-ethyl adjacent to an activating group) is 1. The minimum absolute atomic E-state index is 0.0808. The SMILES string of the molecule is CCN(CC(C)C#N)C(=O)Cn1cc(C(O)c2cc(F)ccc2Cl)nn1. The molecule has 1 amide bonds. The Bertz CT molecular complexity index is 820. The summed E-state index contributed by atoms with van der Waals surface area (Å²) in [4.78, 5) is 13.9. The Morgan fingerprint density at radius 2 is 2.27 bits per heavy atom. The molecule has 2 aromatic rings. The van der Waals surface area contributed by atoms with Gasteiger partial charge >= 0.3 is 0 Å². The van der Waals surface area contributed by atoms with Gasteiger partial charge in [-0.25, -0.2) is 9.07 Å². The van der Waals surface area contributed by atoms with Crippen LogP contribution in [0.25, 0.3) is 0 Å². The molecule has 0 spiro atoms. The van der Waals surface area contributed by atoms with Crippen molar-refractivity contribution < 1.29 is 14.3 Å². The van der Waals surface area contributed by atoms with Crippen molar-refractivity contribution in [2.45, 2.75) is 26.5 Å². The van der Waals surface area contributed by atoms with Crippen LogP contribution in [-0.4, -0.2) is 44.0 Å². The maximum absolute atomic E-state index is 13.4. The number of amides is 1. The molecule has 7 nitrogen and oxygen atoms in total. The predicted octanol–water partition coefficient (Wildman–Crippen LogP) is 2.16. The van der Waals surface area contributed by atoms with Crippen LogP contribution in [-0.2, 0) is 11.3 Å². The molecule has 2 atom stereocenters. The Balaban J connectivity index is 2.10. The van der Waals surface area contributed by atoms with Crippen molar-refractivity contribution in [1.29, 1.82) is 5.26 Å². The summed E-state index contributed by atoms with van der Waals surface area (Å²) < 4.78 is 14.7. The first-order valence-electron chi connectivity index (χ1n) is 8.06. The average molecular weight is 380 g/mol. The third kappa shape index (κ3) is 4.77. The lowest BCUT2D eigenvalue weighted by molar-refractivity contribution is -0.132. The van der Waals surface area contributed by atoms with E-state index in [-0.39, 0.29) is 34.6 Å². The molecule has 9 heteroatoms. The predicted molar refractivity (Wildman–Crippen MR) is 92.5 cm³/mol. The number of hydrogen-bond donors (Lipinski definition) is 1. The Hall–Kier alpha value is -2.50. The molecule has 0 aliphatic rings. The number of aliphatic hydroxyl groups is 1. The minimum Gasteiger partial charge on any atom is -0.382 e. The molecule has 0 aliphatic carbocycles. The van der Waals surface area contributed by atoms with Crippen molar-refractivity contribution in [1.82, 2.24) is 19.9 Å². The quantitative estimate of drug-likeness (QED) is 0.795. The molecule has 2 rings (SSSR count). The van der Waals surface area contributed by atoms with Gasteiger partial charge in [-0.15, -0.1) is 5.10 Å². The average Bonchev–Trinajstić information content (AvgIpc) is 3.09. The summed E-state index contributed by atoms with van der Waals surface area (Å²) in [5.74, 6) is -1.03. The number of hydrogen-bond acceptors (Lipinski definition) is 5.